The second kappa shape index (κ2) is 9.48. The summed E-state index contributed by atoms with van der Waals surface area (Å²) in [7, 11) is 1.80. The van der Waals surface area contributed by atoms with Gasteiger partial charge in [-0.1, -0.05) is 6.92 Å². The average Bonchev–Trinajstić information content (AvgIpc) is 2.49. The van der Waals surface area contributed by atoms with Crippen LogP contribution in [0.1, 0.15) is 53.9 Å². The van der Waals surface area contributed by atoms with Crippen molar-refractivity contribution in [1.82, 2.24) is 15.1 Å². The minimum absolute atomic E-state index is 0.238. The summed E-state index contributed by atoms with van der Waals surface area (Å²) in [5, 5.41) is 3.63. The van der Waals surface area contributed by atoms with Gasteiger partial charge in [-0.25, -0.2) is 4.79 Å². The molecule has 0 bridgehead atoms. The molecule has 1 aliphatic heterocycles. The largest absolute Gasteiger partial charge is 0.444 e. The molecule has 1 fully saturated rings. The zero-order valence-electron chi connectivity index (χ0n) is 16.0. The molecule has 1 N–H and O–H groups in total. The Bertz CT molecular complexity index is 347. The summed E-state index contributed by atoms with van der Waals surface area (Å²) in [5.74, 6) is 0.779. The fourth-order valence-corrected chi connectivity index (χ4v) is 3.01. The van der Waals surface area contributed by atoms with Crippen molar-refractivity contribution in [2.45, 2.75) is 65.5 Å². The highest BCUT2D eigenvalue weighted by molar-refractivity contribution is 5.67. The van der Waals surface area contributed by atoms with Gasteiger partial charge in [0, 0.05) is 19.6 Å². The molecular formula is C18H37N3O2. The third kappa shape index (κ3) is 8.02. The van der Waals surface area contributed by atoms with Crippen LogP contribution in [0.25, 0.3) is 0 Å². The molecule has 1 aliphatic rings. The second-order valence-electron chi connectivity index (χ2n) is 7.77. The number of ether oxygens (including phenoxy) is 1. The molecule has 1 saturated heterocycles. The molecule has 136 valence electrons. The van der Waals surface area contributed by atoms with E-state index in [1.165, 1.54) is 32.5 Å². The molecule has 0 aliphatic carbocycles. The minimum Gasteiger partial charge on any atom is -0.444 e. The molecule has 1 amide bonds. The lowest BCUT2D eigenvalue weighted by Gasteiger charge is -2.34. The van der Waals surface area contributed by atoms with Crippen LogP contribution in [0.5, 0.6) is 0 Å². The first kappa shape index (κ1) is 20.2. The number of rotatable bonds is 7. The molecular weight excluding hydrogens is 290 g/mol. The highest BCUT2D eigenvalue weighted by atomic mass is 16.6. The topological polar surface area (TPSA) is 44.8 Å². The van der Waals surface area contributed by atoms with Gasteiger partial charge in [0.1, 0.15) is 5.60 Å². The van der Waals surface area contributed by atoms with Gasteiger partial charge < -0.3 is 19.9 Å². The molecule has 0 radical (unpaired) electrons. The number of nitrogens with one attached hydrogen (secondary N) is 1. The first-order chi connectivity index (χ1) is 10.7. The molecule has 0 aromatic rings. The van der Waals surface area contributed by atoms with Gasteiger partial charge in [-0.15, -0.1) is 0 Å². The van der Waals surface area contributed by atoms with Gasteiger partial charge in [0.05, 0.1) is 0 Å². The number of nitrogens with zero attached hydrogens (tertiary/aromatic N) is 2. The Morgan fingerprint density at radius 1 is 1.35 bits per heavy atom. The van der Waals surface area contributed by atoms with E-state index >= 15 is 0 Å². The average molecular weight is 328 g/mol. The van der Waals surface area contributed by atoms with Crippen molar-refractivity contribution < 1.29 is 9.53 Å². The second-order valence-corrected chi connectivity index (χ2v) is 7.77. The van der Waals surface area contributed by atoms with Crippen LogP contribution in [0.15, 0.2) is 0 Å². The number of carbonyl (C=O) groups is 1. The maximum absolute atomic E-state index is 11.9. The van der Waals surface area contributed by atoms with E-state index in [2.05, 4.69) is 24.1 Å². The molecule has 0 aromatic carbocycles. The maximum Gasteiger partial charge on any atom is 0.410 e. The molecule has 5 heteroatoms. The first-order valence-corrected chi connectivity index (χ1v) is 9.12. The zero-order chi connectivity index (χ0) is 17.5. The Balaban J connectivity index is 2.15. The summed E-state index contributed by atoms with van der Waals surface area (Å²) in [6.07, 6.45) is 3.30. The van der Waals surface area contributed by atoms with Crippen molar-refractivity contribution in [3.63, 3.8) is 0 Å². The standard InChI is InChI=1S/C18H37N3O2/c1-7-21-13-9-16(10-14-21)15(2)19-11-8-12-20(6)17(22)23-18(3,4)5/h15-16,19H,7-14H2,1-6H3. The summed E-state index contributed by atoms with van der Waals surface area (Å²) in [6, 6.07) is 0.556. The number of hydrogen-bond donors (Lipinski definition) is 1. The van der Waals surface area contributed by atoms with E-state index in [1.807, 2.05) is 20.8 Å². The summed E-state index contributed by atoms with van der Waals surface area (Å²) in [5.41, 5.74) is -0.425. The van der Waals surface area contributed by atoms with Gasteiger partial charge in [-0.3, -0.25) is 0 Å². The third-order valence-electron chi connectivity index (χ3n) is 4.63. The van der Waals surface area contributed by atoms with Crippen molar-refractivity contribution in [3.8, 4) is 0 Å². The van der Waals surface area contributed by atoms with Gasteiger partial charge in [0.15, 0.2) is 0 Å². The Kier molecular flexibility index (Phi) is 8.34. The van der Waals surface area contributed by atoms with E-state index in [0.717, 1.165) is 25.4 Å². The van der Waals surface area contributed by atoms with Gasteiger partial charge in [-0.05, 0) is 79.1 Å². The third-order valence-corrected chi connectivity index (χ3v) is 4.63. The smallest absolute Gasteiger partial charge is 0.410 e. The van der Waals surface area contributed by atoms with E-state index in [-0.39, 0.29) is 6.09 Å². The summed E-state index contributed by atoms with van der Waals surface area (Å²) in [4.78, 5) is 16.1. The zero-order valence-corrected chi connectivity index (χ0v) is 16.0. The van der Waals surface area contributed by atoms with Gasteiger partial charge in [0.25, 0.3) is 0 Å². The Morgan fingerprint density at radius 2 is 1.96 bits per heavy atom. The molecule has 1 unspecified atom stereocenters. The van der Waals surface area contributed by atoms with Gasteiger partial charge in [-0.2, -0.15) is 0 Å². The molecule has 1 heterocycles. The lowest BCUT2D eigenvalue weighted by atomic mass is 9.90. The monoisotopic (exact) mass is 327 g/mol. The predicted octanol–water partition coefficient (Wildman–Crippen LogP) is 2.95. The van der Waals surface area contributed by atoms with Crippen LogP contribution < -0.4 is 5.32 Å². The Labute approximate surface area is 142 Å². The lowest BCUT2D eigenvalue weighted by molar-refractivity contribution is 0.0297. The Hall–Kier alpha value is -0.810. The van der Waals surface area contributed by atoms with E-state index in [1.54, 1.807) is 11.9 Å². The van der Waals surface area contributed by atoms with Gasteiger partial charge in [0.2, 0.25) is 0 Å². The number of hydrogen-bond acceptors (Lipinski definition) is 4. The van der Waals surface area contributed by atoms with Crippen LogP contribution in [0.3, 0.4) is 0 Å². The van der Waals surface area contributed by atoms with E-state index in [4.69, 9.17) is 4.74 Å². The molecule has 0 aromatic heterocycles. The molecule has 0 saturated carbocycles. The van der Waals surface area contributed by atoms with Gasteiger partial charge >= 0.3 is 6.09 Å². The first-order valence-electron chi connectivity index (χ1n) is 9.12. The normalized spacial score (nSPS) is 18.7. The molecule has 1 rings (SSSR count). The molecule has 1 atom stereocenters. The summed E-state index contributed by atoms with van der Waals surface area (Å²) >= 11 is 0. The van der Waals surface area contributed by atoms with Crippen LogP contribution in [0.4, 0.5) is 4.79 Å². The maximum atomic E-state index is 11.9. The molecule has 5 nitrogen and oxygen atoms in total. The number of carbonyl (C=O) groups excluding carboxylic acids is 1. The van der Waals surface area contributed by atoms with Crippen LogP contribution in [-0.4, -0.2) is 67.3 Å². The highest BCUT2D eigenvalue weighted by Gasteiger charge is 2.23. The van der Waals surface area contributed by atoms with Crippen LogP contribution in [0.2, 0.25) is 0 Å². The fraction of sp³-hybridized carbons (Fsp3) is 0.944. The summed E-state index contributed by atoms with van der Waals surface area (Å²) < 4.78 is 5.36. The minimum atomic E-state index is -0.425. The molecule has 23 heavy (non-hydrogen) atoms. The SMILES string of the molecule is CCN1CCC(C(C)NCCCN(C)C(=O)OC(C)(C)C)CC1. The van der Waals surface area contributed by atoms with E-state index < -0.39 is 5.60 Å². The highest BCUT2D eigenvalue weighted by Crippen LogP contribution is 2.20. The predicted molar refractivity (Wildman–Crippen MR) is 95.8 cm³/mol. The van der Waals surface area contributed by atoms with Crippen LogP contribution >= 0.6 is 0 Å². The van der Waals surface area contributed by atoms with Crippen molar-refractivity contribution in [2.75, 3.05) is 39.8 Å². The van der Waals surface area contributed by atoms with Crippen LogP contribution in [0, 0.1) is 5.92 Å². The van der Waals surface area contributed by atoms with Crippen LogP contribution in [-0.2, 0) is 4.74 Å². The van der Waals surface area contributed by atoms with E-state index in [0.29, 0.717) is 6.04 Å². The van der Waals surface area contributed by atoms with Crippen molar-refractivity contribution >= 4 is 6.09 Å². The Morgan fingerprint density at radius 3 is 2.48 bits per heavy atom. The lowest BCUT2D eigenvalue weighted by Crippen LogP contribution is -2.42. The summed E-state index contributed by atoms with van der Waals surface area (Å²) in [6.45, 7) is 15.5. The number of piperidine rings is 1. The number of likely N-dealkylation sites (tertiary alicyclic amines) is 1. The van der Waals surface area contributed by atoms with Crippen molar-refractivity contribution in [3.05, 3.63) is 0 Å². The quantitative estimate of drug-likeness (QED) is 0.730. The molecule has 0 spiro atoms. The van der Waals surface area contributed by atoms with E-state index in [9.17, 15) is 4.79 Å². The number of amides is 1. The van der Waals surface area contributed by atoms with Crippen molar-refractivity contribution in [2.24, 2.45) is 5.92 Å². The van der Waals surface area contributed by atoms with Crippen molar-refractivity contribution in [1.29, 1.82) is 0 Å². The fourth-order valence-electron chi connectivity index (χ4n) is 3.01.